The summed E-state index contributed by atoms with van der Waals surface area (Å²) in [7, 11) is 0. The van der Waals surface area contributed by atoms with Crippen LogP contribution in [0, 0.1) is 37.0 Å². The molecule has 1 N–H and O–H groups in total. The molecule has 2 aromatic heterocycles. The summed E-state index contributed by atoms with van der Waals surface area (Å²) in [5.41, 5.74) is 2.20. The fraction of sp³-hybridized carbons (Fsp3) is 0.500. The summed E-state index contributed by atoms with van der Waals surface area (Å²) in [6.07, 6.45) is 6.97. The Morgan fingerprint density at radius 2 is 1.82 bits per heavy atom. The molecule has 0 saturated heterocycles. The van der Waals surface area contributed by atoms with Gasteiger partial charge in [0.05, 0.1) is 16.8 Å². The van der Waals surface area contributed by atoms with Gasteiger partial charge in [-0.3, -0.25) is 9.59 Å². The number of anilines is 1. The standard InChI is InChI=1S/C26H29N3O4/c1-15-3-4-22(32-14-20-10-24(30)29-23(27-20)6-16(2)33-29)21(5-15)28-25(31)26-11-17-7-18(12-26)9-19(8-17)13-26/h3-6,10,17-19H,7-9,11-14H2,1-2H3,(H,28,31). The van der Waals surface area contributed by atoms with Gasteiger partial charge < -0.3 is 14.6 Å². The Bertz CT molecular complexity index is 1270. The lowest BCUT2D eigenvalue weighted by atomic mass is 9.49. The second-order valence-electron chi connectivity index (χ2n) is 10.5. The van der Waals surface area contributed by atoms with Gasteiger partial charge in [-0.05, 0) is 87.8 Å². The van der Waals surface area contributed by atoms with Crippen LogP contribution in [0.2, 0.25) is 0 Å². The summed E-state index contributed by atoms with van der Waals surface area (Å²) >= 11 is 0. The molecule has 4 aliphatic carbocycles. The van der Waals surface area contributed by atoms with Crippen molar-refractivity contribution in [3.05, 3.63) is 57.7 Å². The number of ether oxygens (including phenoxy) is 1. The van der Waals surface area contributed by atoms with Crippen molar-refractivity contribution in [2.45, 2.75) is 59.0 Å². The second-order valence-corrected chi connectivity index (χ2v) is 10.5. The minimum Gasteiger partial charge on any atom is -0.485 e. The first-order valence-corrected chi connectivity index (χ1v) is 11.9. The topological polar surface area (TPSA) is 85.8 Å². The van der Waals surface area contributed by atoms with E-state index in [0.717, 1.165) is 24.8 Å². The summed E-state index contributed by atoms with van der Waals surface area (Å²) in [6.45, 7) is 3.90. The molecule has 1 amide bonds. The highest BCUT2D eigenvalue weighted by Crippen LogP contribution is 2.60. The van der Waals surface area contributed by atoms with Gasteiger partial charge in [0.1, 0.15) is 18.1 Å². The molecule has 7 heteroatoms. The van der Waals surface area contributed by atoms with E-state index in [1.165, 1.54) is 29.9 Å². The van der Waals surface area contributed by atoms with Crippen LogP contribution in [0.3, 0.4) is 0 Å². The normalized spacial score (nSPS) is 27.8. The van der Waals surface area contributed by atoms with Gasteiger partial charge in [0.25, 0.3) is 5.56 Å². The highest BCUT2D eigenvalue weighted by molar-refractivity contribution is 5.97. The number of hydrogen-bond donors (Lipinski definition) is 1. The summed E-state index contributed by atoms with van der Waals surface area (Å²) in [5, 5.41) is 3.22. The van der Waals surface area contributed by atoms with E-state index in [2.05, 4.69) is 10.3 Å². The maximum absolute atomic E-state index is 13.6. The van der Waals surface area contributed by atoms with E-state index in [1.54, 1.807) is 13.0 Å². The van der Waals surface area contributed by atoms with Crippen LogP contribution in [0.1, 0.15) is 55.5 Å². The van der Waals surface area contributed by atoms with Crippen molar-refractivity contribution in [2.24, 2.45) is 23.2 Å². The van der Waals surface area contributed by atoms with E-state index in [1.807, 2.05) is 25.1 Å². The quantitative estimate of drug-likeness (QED) is 0.616. The lowest BCUT2D eigenvalue weighted by Crippen LogP contribution is -2.51. The third-order valence-electron chi connectivity index (χ3n) is 7.80. The number of carbonyl (C=O) groups is 1. The minimum absolute atomic E-state index is 0.124. The summed E-state index contributed by atoms with van der Waals surface area (Å²) in [6, 6.07) is 8.92. The van der Waals surface area contributed by atoms with Crippen molar-refractivity contribution >= 4 is 17.2 Å². The van der Waals surface area contributed by atoms with Crippen molar-refractivity contribution < 1.29 is 14.1 Å². The second kappa shape index (κ2) is 7.47. The maximum atomic E-state index is 13.6. The molecule has 0 unspecified atom stereocenters. The van der Waals surface area contributed by atoms with Crippen molar-refractivity contribution in [2.75, 3.05) is 5.32 Å². The number of benzene rings is 1. The molecule has 7 rings (SSSR count). The molecule has 7 nitrogen and oxygen atoms in total. The minimum atomic E-state index is -0.286. The third-order valence-corrected chi connectivity index (χ3v) is 7.80. The third kappa shape index (κ3) is 3.63. The molecule has 0 radical (unpaired) electrons. The average Bonchev–Trinajstić information content (AvgIpc) is 3.13. The SMILES string of the molecule is Cc1ccc(OCc2cc(=O)n3oc(C)cc3n2)c(NC(=O)C23CC4CC(CC(C4)C2)C3)c1. The van der Waals surface area contributed by atoms with E-state index in [0.29, 0.717) is 46.3 Å². The highest BCUT2D eigenvalue weighted by atomic mass is 16.5. The zero-order chi connectivity index (χ0) is 22.7. The largest absolute Gasteiger partial charge is 0.485 e. The molecule has 33 heavy (non-hydrogen) atoms. The molecular formula is C26H29N3O4. The first-order valence-electron chi connectivity index (χ1n) is 11.9. The van der Waals surface area contributed by atoms with Crippen LogP contribution < -0.4 is 15.6 Å². The first kappa shape index (κ1) is 20.5. The zero-order valence-electron chi connectivity index (χ0n) is 19.1. The number of aryl methyl sites for hydroxylation is 2. The number of rotatable bonds is 5. The Morgan fingerprint density at radius 1 is 1.12 bits per heavy atom. The van der Waals surface area contributed by atoms with Crippen LogP contribution in [0.5, 0.6) is 5.75 Å². The molecule has 3 aromatic rings. The van der Waals surface area contributed by atoms with Crippen molar-refractivity contribution in [1.29, 1.82) is 0 Å². The van der Waals surface area contributed by atoms with Crippen LogP contribution in [0.4, 0.5) is 5.69 Å². The van der Waals surface area contributed by atoms with Gasteiger partial charge >= 0.3 is 0 Å². The van der Waals surface area contributed by atoms with Gasteiger partial charge in [-0.15, -0.1) is 4.57 Å². The van der Waals surface area contributed by atoms with E-state index >= 15 is 0 Å². The summed E-state index contributed by atoms with van der Waals surface area (Å²) in [5.74, 6) is 3.48. The number of amides is 1. The molecule has 0 spiro atoms. The summed E-state index contributed by atoms with van der Waals surface area (Å²) < 4.78 is 12.6. The average molecular weight is 448 g/mol. The van der Waals surface area contributed by atoms with Crippen molar-refractivity contribution in [1.82, 2.24) is 9.56 Å². The number of carbonyl (C=O) groups excluding carboxylic acids is 1. The zero-order valence-corrected chi connectivity index (χ0v) is 19.1. The fourth-order valence-electron chi connectivity index (χ4n) is 6.81. The van der Waals surface area contributed by atoms with Crippen LogP contribution in [-0.2, 0) is 11.4 Å². The predicted octanol–water partition coefficient (Wildman–Crippen LogP) is 4.64. The van der Waals surface area contributed by atoms with Crippen LogP contribution in [0.25, 0.3) is 5.65 Å². The molecule has 4 aliphatic rings. The van der Waals surface area contributed by atoms with Gasteiger partial charge in [0, 0.05) is 12.1 Å². The molecule has 0 atom stereocenters. The smallest absolute Gasteiger partial charge is 0.287 e. The number of aromatic nitrogens is 2. The molecule has 0 aliphatic heterocycles. The Morgan fingerprint density at radius 3 is 2.52 bits per heavy atom. The molecule has 2 heterocycles. The van der Waals surface area contributed by atoms with Crippen LogP contribution in [0.15, 0.2) is 39.6 Å². The highest BCUT2D eigenvalue weighted by Gasteiger charge is 2.54. The summed E-state index contributed by atoms with van der Waals surface area (Å²) in [4.78, 5) is 30.3. The van der Waals surface area contributed by atoms with Crippen LogP contribution >= 0.6 is 0 Å². The number of nitrogens with zero attached hydrogens (tertiary/aromatic N) is 2. The molecule has 1 aromatic carbocycles. The molecule has 4 saturated carbocycles. The van der Waals surface area contributed by atoms with Gasteiger partial charge in [0.15, 0.2) is 5.65 Å². The Hall–Kier alpha value is -3.09. The lowest BCUT2D eigenvalue weighted by molar-refractivity contribution is -0.140. The Labute approximate surface area is 192 Å². The Kier molecular flexibility index (Phi) is 4.64. The predicted molar refractivity (Wildman–Crippen MR) is 123 cm³/mol. The molecule has 4 fully saturated rings. The van der Waals surface area contributed by atoms with E-state index < -0.39 is 0 Å². The fourth-order valence-corrected chi connectivity index (χ4v) is 6.81. The van der Waals surface area contributed by atoms with Crippen LogP contribution in [-0.4, -0.2) is 15.5 Å². The van der Waals surface area contributed by atoms with E-state index in [9.17, 15) is 9.59 Å². The van der Waals surface area contributed by atoms with Gasteiger partial charge in [-0.25, -0.2) is 4.98 Å². The maximum Gasteiger partial charge on any atom is 0.287 e. The van der Waals surface area contributed by atoms with Gasteiger partial charge in [-0.1, -0.05) is 6.07 Å². The number of fused-ring (bicyclic) bond motifs is 1. The molecule has 4 bridgehead atoms. The van der Waals surface area contributed by atoms with E-state index in [4.69, 9.17) is 9.26 Å². The van der Waals surface area contributed by atoms with Crippen molar-refractivity contribution in [3.63, 3.8) is 0 Å². The van der Waals surface area contributed by atoms with Gasteiger partial charge in [-0.2, -0.15) is 0 Å². The number of nitrogens with one attached hydrogen (secondary N) is 1. The van der Waals surface area contributed by atoms with Gasteiger partial charge in [0.2, 0.25) is 5.91 Å². The lowest BCUT2D eigenvalue weighted by Gasteiger charge is -2.55. The molecular weight excluding hydrogens is 418 g/mol. The monoisotopic (exact) mass is 447 g/mol. The van der Waals surface area contributed by atoms with Crippen molar-refractivity contribution in [3.8, 4) is 5.75 Å². The van der Waals surface area contributed by atoms with E-state index in [-0.39, 0.29) is 23.5 Å². The number of hydrogen-bond acceptors (Lipinski definition) is 5. The first-order chi connectivity index (χ1) is 15.9. The Balaban J connectivity index is 1.23. The molecule has 172 valence electrons.